The first kappa shape index (κ1) is 23.0. The molecule has 1 fully saturated rings. The van der Waals surface area contributed by atoms with Crippen LogP contribution in [0.5, 0.6) is 0 Å². The fourth-order valence-electron chi connectivity index (χ4n) is 1.95. The zero-order chi connectivity index (χ0) is 14.6. The van der Waals surface area contributed by atoms with E-state index in [0.717, 1.165) is 0 Å². The molecule has 115 valence electrons. The van der Waals surface area contributed by atoms with Gasteiger partial charge in [-0.15, -0.1) is 0 Å². The van der Waals surface area contributed by atoms with Crippen molar-refractivity contribution in [2.75, 3.05) is 19.7 Å². The van der Waals surface area contributed by atoms with E-state index in [-0.39, 0.29) is 52.5 Å². The first-order valence-corrected chi connectivity index (χ1v) is 6.57. The molecule has 1 amide bonds. The van der Waals surface area contributed by atoms with Crippen LogP contribution in [0.3, 0.4) is 0 Å². The number of ether oxygens (including phenoxy) is 2. The van der Waals surface area contributed by atoms with E-state index < -0.39 is 29.7 Å². The van der Waals surface area contributed by atoms with Gasteiger partial charge in [-0.1, -0.05) is 0 Å². The van der Waals surface area contributed by atoms with E-state index >= 15 is 0 Å². The zero-order valence-electron chi connectivity index (χ0n) is 14.6. The van der Waals surface area contributed by atoms with Gasteiger partial charge in [-0.05, 0) is 34.1 Å². The van der Waals surface area contributed by atoms with Crippen LogP contribution in [0.25, 0.3) is 0 Å². The van der Waals surface area contributed by atoms with Gasteiger partial charge in [-0.25, -0.2) is 4.79 Å². The quantitative estimate of drug-likeness (QED) is 0.467. The van der Waals surface area contributed by atoms with Crippen LogP contribution in [0.15, 0.2) is 0 Å². The molecule has 0 aromatic rings. The molecular formula is C13H24BNNaO5. The maximum absolute atomic E-state index is 11.8. The molecule has 1 heterocycles. The summed E-state index contributed by atoms with van der Waals surface area (Å²) < 4.78 is 10.1. The fraction of sp³-hybridized carbons (Fsp3) is 0.846. The van der Waals surface area contributed by atoms with Crippen LogP contribution in [0.1, 0.15) is 35.5 Å². The summed E-state index contributed by atoms with van der Waals surface area (Å²) in [6, 6.07) is 0. The van der Waals surface area contributed by atoms with E-state index in [1.807, 2.05) is 0 Å². The number of likely N-dealkylation sites (tertiary alicyclic amines) is 1. The van der Waals surface area contributed by atoms with Gasteiger partial charge in [-0.3, -0.25) is 4.79 Å². The summed E-state index contributed by atoms with van der Waals surface area (Å²) in [6.45, 7) is 7.85. The molecule has 0 aromatic carbocycles. The molecular weight excluding hydrogens is 284 g/mol. The summed E-state index contributed by atoms with van der Waals surface area (Å²) in [5.74, 6) is -0.961. The molecule has 3 radical (unpaired) electrons. The average Bonchev–Trinajstić information content (AvgIpc) is 2.26. The molecule has 21 heavy (non-hydrogen) atoms. The molecule has 0 bridgehead atoms. The second-order valence-corrected chi connectivity index (χ2v) is 5.64. The molecule has 0 aromatic heterocycles. The van der Waals surface area contributed by atoms with E-state index in [9.17, 15) is 14.7 Å². The molecule has 0 aliphatic carbocycles. The topological polar surface area (TPSA) is 76.1 Å². The summed E-state index contributed by atoms with van der Waals surface area (Å²) >= 11 is 0. The summed E-state index contributed by atoms with van der Waals surface area (Å²) in [6.07, 6.45) is -0.978. The number of aliphatic hydroxyl groups is 1. The summed E-state index contributed by atoms with van der Waals surface area (Å²) in [7, 11) is 0. The fourth-order valence-corrected chi connectivity index (χ4v) is 1.95. The van der Waals surface area contributed by atoms with Gasteiger partial charge in [0.2, 0.25) is 0 Å². The van der Waals surface area contributed by atoms with Crippen molar-refractivity contribution in [2.24, 2.45) is 5.92 Å². The Bertz CT molecular complexity index is 354. The van der Waals surface area contributed by atoms with E-state index in [4.69, 9.17) is 9.47 Å². The Kier molecular flexibility index (Phi) is 10.7. The van der Waals surface area contributed by atoms with Gasteiger partial charge in [-0.2, -0.15) is 0 Å². The van der Waals surface area contributed by atoms with Gasteiger partial charge < -0.3 is 20.9 Å². The van der Waals surface area contributed by atoms with Crippen molar-refractivity contribution in [2.45, 2.75) is 45.8 Å². The van der Waals surface area contributed by atoms with Crippen LogP contribution in [-0.4, -0.2) is 61.9 Å². The molecule has 0 spiro atoms. The zero-order valence-corrected chi connectivity index (χ0v) is 15.6. The normalized spacial score (nSPS) is 21.7. The van der Waals surface area contributed by atoms with Gasteiger partial charge in [0.25, 0.3) is 0 Å². The Labute approximate surface area is 151 Å². The number of esters is 1. The van der Waals surface area contributed by atoms with Gasteiger partial charge in [0, 0.05) is 15.0 Å². The molecule has 1 N–H and O–H groups in total. The van der Waals surface area contributed by atoms with Crippen LogP contribution in [0.2, 0.25) is 0 Å². The van der Waals surface area contributed by atoms with Crippen molar-refractivity contribution in [1.29, 1.82) is 0 Å². The van der Waals surface area contributed by atoms with Crippen molar-refractivity contribution in [3.8, 4) is 0 Å². The average molecular weight is 308 g/mol. The summed E-state index contributed by atoms with van der Waals surface area (Å²) in [4.78, 5) is 24.9. The van der Waals surface area contributed by atoms with Crippen molar-refractivity contribution in [3.63, 3.8) is 0 Å². The van der Waals surface area contributed by atoms with E-state index in [1.165, 1.54) is 4.90 Å². The van der Waals surface area contributed by atoms with Crippen LogP contribution in [-0.2, 0) is 14.3 Å². The number of carbonyl (C=O) groups is 2. The second-order valence-electron chi connectivity index (χ2n) is 5.64. The number of amides is 1. The third-order valence-electron chi connectivity index (χ3n) is 2.82. The minimum absolute atomic E-state index is 0. The maximum Gasteiger partial charge on any atom is 1.00 e. The van der Waals surface area contributed by atoms with Crippen LogP contribution in [0.4, 0.5) is 4.79 Å². The van der Waals surface area contributed by atoms with Crippen LogP contribution in [0, 0.1) is 5.92 Å². The van der Waals surface area contributed by atoms with Crippen molar-refractivity contribution < 1.29 is 55.2 Å². The monoisotopic (exact) mass is 308 g/mol. The second kappa shape index (κ2) is 9.72. The standard InChI is InChI=1S/C13H23NO5.B.Na.H/c1-5-18-11(16)9-6-7-14(8-10(9)15)12(17)19-13(2,3)4;;;/h9-10,15H,5-8H2,1-4H3;;;/q;;+1;-1. The number of nitrogens with zero attached hydrogens (tertiary/aromatic N) is 1. The van der Waals surface area contributed by atoms with E-state index in [1.54, 1.807) is 27.7 Å². The molecule has 8 heteroatoms. The Morgan fingerprint density at radius 2 is 1.95 bits per heavy atom. The number of piperidine rings is 1. The largest absolute Gasteiger partial charge is 1.00 e. The maximum atomic E-state index is 11.8. The Balaban J connectivity index is -0.00000120. The van der Waals surface area contributed by atoms with Gasteiger partial charge in [0.1, 0.15) is 5.60 Å². The van der Waals surface area contributed by atoms with Crippen molar-refractivity contribution >= 4 is 20.5 Å². The molecule has 1 rings (SSSR count). The SMILES string of the molecule is CCOC(=O)C1CCN(C(=O)OC(C)(C)C)CC1O.[B].[H-].[Na+]. The first-order chi connectivity index (χ1) is 8.74. The predicted octanol–water partition coefficient (Wildman–Crippen LogP) is -2.10. The summed E-state index contributed by atoms with van der Waals surface area (Å²) in [5.41, 5.74) is -0.569. The molecule has 1 aliphatic heterocycles. The molecule has 6 nitrogen and oxygen atoms in total. The number of hydrogen-bond acceptors (Lipinski definition) is 5. The van der Waals surface area contributed by atoms with Crippen LogP contribution >= 0.6 is 0 Å². The van der Waals surface area contributed by atoms with Crippen molar-refractivity contribution in [1.82, 2.24) is 4.90 Å². The molecule has 1 aliphatic rings. The third-order valence-corrected chi connectivity index (χ3v) is 2.82. The van der Waals surface area contributed by atoms with Crippen molar-refractivity contribution in [3.05, 3.63) is 0 Å². The van der Waals surface area contributed by atoms with Gasteiger partial charge >= 0.3 is 41.6 Å². The smallest absolute Gasteiger partial charge is 1.00 e. The molecule has 1 saturated heterocycles. The van der Waals surface area contributed by atoms with E-state index in [0.29, 0.717) is 13.0 Å². The van der Waals surface area contributed by atoms with Gasteiger partial charge in [0.15, 0.2) is 0 Å². The first-order valence-electron chi connectivity index (χ1n) is 6.57. The van der Waals surface area contributed by atoms with Crippen LogP contribution < -0.4 is 29.6 Å². The predicted molar refractivity (Wildman–Crippen MR) is 75.4 cm³/mol. The number of carbonyl (C=O) groups excluding carboxylic acids is 2. The molecule has 2 unspecified atom stereocenters. The Morgan fingerprint density at radius 1 is 1.38 bits per heavy atom. The summed E-state index contributed by atoms with van der Waals surface area (Å²) in [5, 5.41) is 9.93. The third kappa shape index (κ3) is 7.54. The van der Waals surface area contributed by atoms with E-state index in [2.05, 4.69) is 0 Å². The molecule has 2 atom stereocenters. The molecule has 0 saturated carbocycles. The Hall–Kier alpha value is -0.235. The number of hydrogen-bond donors (Lipinski definition) is 1. The minimum Gasteiger partial charge on any atom is -1.00 e. The number of rotatable bonds is 2. The number of β-amino-alcohol motifs (C(OH)–C–C–N with tert-alkyl or cyclic N) is 1. The van der Waals surface area contributed by atoms with Gasteiger partial charge in [0.05, 0.1) is 25.2 Å². The Morgan fingerprint density at radius 3 is 2.38 bits per heavy atom. The number of aliphatic hydroxyl groups excluding tert-OH is 1. The minimum atomic E-state index is -0.902.